The lowest BCUT2D eigenvalue weighted by Crippen LogP contribution is -2.24. The maximum absolute atomic E-state index is 13.7. The number of aryl methyl sites for hydroxylation is 1. The van der Waals surface area contributed by atoms with Gasteiger partial charge in [-0.05, 0) is 42.8 Å². The molecule has 0 aliphatic rings. The largest absolute Gasteiger partial charge is 0.290 e. The van der Waals surface area contributed by atoms with Crippen molar-refractivity contribution in [3.63, 3.8) is 0 Å². The van der Waals surface area contributed by atoms with E-state index in [0.29, 0.717) is 20.5 Å². The van der Waals surface area contributed by atoms with Crippen LogP contribution in [0.25, 0.3) is 20.3 Å². The zero-order chi connectivity index (χ0) is 23.8. The van der Waals surface area contributed by atoms with Gasteiger partial charge in [-0.15, -0.1) is 11.3 Å². The van der Waals surface area contributed by atoms with E-state index in [4.69, 9.17) is 0 Å². The van der Waals surface area contributed by atoms with Gasteiger partial charge in [0.25, 0.3) is 11.6 Å². The first-order valence-electron chi connectivity index (χ1n) is 10.1. The molecular weight excluding hydrogens is 475 g/mol. The Morgan fingerprint density at radius 2 is 1.85 bits per heavy atom. The summed E-state index contributed by atoms with van der Waals surface area (Å²) in [6.45, 7) is 1.98. The predicted molar refractivity (Wildman–Crippen MR) is 134 cm³/mol. The molecule has 0 saturated heterocycles. The number of non-ortho nitro benzene ring substituents is 1. The molecule has 2 heterocycles. The molecule has 5 aromatic rings. The highest BCUT2D eigenvalue weighted by molar-refractivity contribution is 7.23. The Bertz CT molecular complexity index is 1590. The van der Waals surface area contributed by atoms with Gasteiger partial charge in [-0.3, -0.25) is 14.9 Å². The van der Waals surface area contributed by atoms with Gasteiger partial charge in [0, 0.05) is 22.2 Å². The zero-order valence-corrected chi connectivity index (χ0v) is 19.3. The highest BCUT2D eigenvalue weighted by Crippen LogP contribution is 2.34. The fraction of sp³-hybridized carbons (Fsp3) is 0.0417. The van der Waals surface area contributed by atoms with Crippen molar-refractivity contribution in [2.75, 3.05) is 5.01 Å². The van der Waals surface area contributed by atoms with Crippen LogP contribution < -0.4 is 5.01 Å². The number of nitrogens with zero attached hydrogens (tertiary/aromatic N) is 4. The number of thiazole rings is 1. The lowest BCUT2D eigenvalue weighted by Gasteiger charge is -2.12. The summed E-state index contributed by atoms with van der Waals surface area (Å²) in [5.41, 5.74) is 2.39. The van der Waals surface area contributed by atoms with Gasteiger partial charge >= 0.3 is 0 Å². The Balaban J connectivity index is 1.57. The van der Waals surface area contributed by atoms with Crippen molar-refractivity contribution in [1.82, 2.24) is 4.98 Å². The summed E-state index contributed by atoms with van der Waals surface area (Å²) >= 11 is 2.36. The first-order chi connectivity index (χ1) is 16.4. The summed E-state index contributed by atoms with van der Waals surface area (Å²) in [6, 6.07) is 17.9. The molecule has 3 aromatic carbocycles. The van der Waals surface area contributed by atoms with Crippen LogP contribution in [0.4, 0.5) is 15.2 Å². The third-order valence-corrected chi connectivity index (χ3v) is 7.13. The number of halogens is 1. The minimum atomic E-state index is -0.475. The van der Waals surface area contributed by atoms with Crippen molar-refractivity contribution in [2.24, 2.45) is 5.10 Å². The second-order valence-corrected chi connectivity index (χ2v) is 9.56. The average molecular weight is 491 g/mol. The van der Waals surface area contributed by atoms with Crippen molar-refractivity contribution in [3.05, 3.63) is 98.7 Å². The third-order valence-electron chi connectivity index (χ3n) is 5.03. The van der Waals surface area contributed by atoms with Crippen LogP contribution in [0.5, 0.6) is 0 Å². The molecule has 0 N–H and O–H groups in total. The first kappa shape index (κ1) is 21.8. The van der Waals surface area contributed by atoms with E-state index in [9.17, 15) is 19.3 Å². The molecule has 5 rings (SSSR count). The maximum Gasteiger partial charge on any atom is 0.290 e. The Kier molecular flexibility index (Phi) is 5.60. The number of hydrogen-bond acceptors (Lipinski definition) is 7. The topological polar surface area (TPSA) is 88.7 Å². The predicted octanol–water partition coefficient (Wildman–Crippen LogP) is 6.55. The van der Waals surface area contributed by atoms with E-state index in [-0.39, 0.29) is 10.8 Å². The van der Waals surface area contributed by atoms with Crippen LogP contribution in [0.1, 0.15) is 20.8 Å². The van der Waals surface area contributed by atoms with Gasteiger partial charge in [0.15, 0.2) is 0 Å². The minimum Gasteiger partial charge on any atom is -0.266 e. The van der Waals surface area contributed by atoms with Gasteiger partial charge in [0.1, 0.15) is 5.82 Å². The van der Waals surface area contributed by atoms with E-state index in [1.165, 1.54) is 40.6 Å². The summed E-state index contributed by atoms with van der Waals surface area (Å²) in [5, 5.41) is 17.6. The number of aromatic nitrogens is 1. The van der Waals surface area contributed by atoms with Gasteiger partial charge in [0.2, 0.25) is 5.13 Å². The van der Waals surface area contributed by atoms with Crippen molar-refractivity contribution in [3.8, 4) is 0 Å². The fourth-order valence-corrected chi connectivity index (χ4v) is 5.21. The Morgan fingerprint density at radius 1 is 1.06 bits per heavy atom. The molecule has 10 heteroatoms. The van der Waals surface area contributed by atoms with Gasteiger partial charge in [0.05, 0.1) is 26.2 Å². The van der Waals surface area contributed by atoms with Crippen molar-refractivity contribution in [1.29, 1.82) is 0 Å². The minimum absolute atomic E-state index is 0.0493. The standard InChI is InChI=1S/C24H15FN4O3S2/c1-14-2-4-15(5-3-14)13-26-28(24-27-19-8-6-17(25)12-21(19)34-24)23(30)22-11-16-10-18(29(31)32)7-9-20(16)33-22/h2-13H,1H3/b26-13+. The highest BCUT2D eigenvalue weighted by Gasteiger charge is 2.23. The number of anilines is 1. The van der Waals surface area contributed by atoms with Crippen LogP contribution in [0.2, 0.25) is 0 Å². The summed E-state index contributed by atoms with van der Waals surface area (Å²) in [5.74, 6) is -0.832. The summed E-state index contributed by atoms with van der Waals surface area (Å²) in [7, 11) is 0. The lowest BCUT2D eigenvalue weighted by atomic mass is 10.2. The number of rotatable bonds is 5. The zero-order valence-electron chi connectivity index (χ0n) is 17.6. The number of nitro benzene ring substituents is 1. The van der Waals surface area contributed by atoms with Crippen LogP contribution >= 0.6 is 22.7 Å². The molecule has 0 aliphatic carbocycles. The van der Waals surface area contributed by atoms with Crippen LogP contribution in [0, 0.1) is 22.9 Å². The highest BCUT2D eigenvalue weighted by atomic mass is 32.1. The Labute approximate surface area is 200 Å². The van der Waals surface area contributed by atoms with Crippen LogP contribution in [-0.2, 0) is 0 Å². The maximum atomic E-state index is 13.7. The van der Waals surface area contributed by atoms with E-state index >= 15 is 0 Å². The number of amides is 1. The van der Waals surface area contributed by atoms with E-state index in [2.05, 4.69) is 10.1 Å². The van der Waals surface area contributed by atoms with Crippen LogP contribution in [0.15, 0.2) is 71.8 Å². The number of carbonyl (C=O) groups excluding carboxylic acids is 1. The lowest BCUT2D eigenvalue weighted by molar-refractivity contribution is -0.384. The number of fused-ring (bicyclic) bond motifs is 2. The second kappa shape index (κ2) is 8.73. The molecular formula is C24H15FN4O3S2. The molecule has 0 spiro atoms. The average Bonchev–Trinajstić information content (AvgIpc) is 3.43. The molecule has 0 radical (unpaired) electrons. The molecule has 0 saturated carbocycles. The molecule has 168 valence electrons. The first-order valence-corrected chi connectivity index (χ1v) is 11.7. The summed E-state index contributed by atoms with van der Waals surface area (Å²) in [4.78, 5) is 29.0. The van der Waals surface area contributed by atoms with Crippen molar-refractivity contribution >= 4 is 65.9 Å². The molecule has 2 aromatic heterocycles. The monoisotopic (exact) mass is 490 g/mol. The van der Waals surface area contributed by atoms with Gasteiger partial charge in [-0.2, -0.15) is 10.1 Å². The number of hydrazone groups is 1. The van der Waals surface area contributed by atoms with E-state index in [1.807, 2.05) is 31.2 Å². The summed E-state index contributed by atoms with van der Waals surface area (Å²) < 4.78 is 15.0. The number of carbonyl (C=O) groups is 1. The van der Waals surface area contributed by atoms with Gasteiger partial charge < -0.3 is 0 Å². The van der Waals surface area contributed by atoms with E-state index < -0.39 is 16.6 Å². The molecule has 34 heavy (non-hydrogen) atoms. The quantitative estimate of drug-likeness (QED) is 0.159. The number of nitro groups is 1. The normalized spacial score (nSPS) is 11.5. The molecule has 7 nitrogen and oxygen atoms in total. The summed E-state index contributed by atoms with van der Waals surface area (Å²) in [6.07, 6.45) is 1.56. The smallest absolute Gasteiger partial charge is 0.266 e. The molecule has 0 unspecified atom stereocenters. The van der Waals surface area contributed by atoms with Crippen LogP contribution in [-0.4, -0.2) is 22.0 Å². The number of thiophene rings is 1. The van der Waals surface area contributed by atoms with Crippen LogP contribution in [0.3, 0.4) is 0 Å². The molecule has 1 amide bonds. The Morgan fingerprint density at radius 3 is 2.62 bits per heavy atom. The SMILES string of the molecule is Cc1ccc(/C=N/N(C(=O)c2cc3cc([N+](=O)[O-])ccc3s2)c2nc3ccc(F)cc3s2)cc1. The van der Waals surface area contributed by atoms with Gasteiger partial charge in [-0.1, -0.05) is 41.2 Å². The molecule has 0 bridgehead atoms. The Hall–Kier alpha value is -4.02. The number of hydrogen-bond donors (Lipinski definition) is 0. The van der Waals surface area contributed by atoms with E-state index in [1.54, 1.807) is 24.4 Å². The molecule has 0 fully saturated rings. The van der Waals surface area contributed by atoms with Gasteiger partial charge in [-0.25, -0.2) is 9.37 Å². The van der Waals surface area contributed by atoms with Crippen molar-refractivity contribution < 1.29 is 14.1 Å². The van der Waals surface area contributed by atoms with E-state index in [0.717, 1.165) is 27.2 Å². The molecule has 0 aliphatic heterocycles. The third kappa shape index (κ3) is 4.28. The molecule has 0 atom stereocenters. The number of benzene rings is 3. The second-order valence-electron chi connectivity index (χ2n) is 7.47. The fourth-order valence-electron chi connectivity index (χ4n) is 3.30. The van der Waals surface area contributed by atoms with Crippen molar-refractivity contribution in [2.45, 2.75) is 6.92 Å².